The Labute approximate surface area is 101 Å². The molecule has 0 N–H and O–H groups in total. The third kappa shape index (κ3) is 2.06. The average molecular weight is 224 g/mol. The Balaban J connectivity index is 2.44. The van der Waals surface area contributed by atoms with Gasteiger partial charge in [-0.2, -0.15) is 10.5 Å². The Bertz CT molecular complexity index is 479. The molecule has 0 aliphatic carbocycles. The van der Waals surface area contributed by atoms with E-state index in [1.165, 1.54) is 0 Å². The minimum absolute atomic E-state index is 0.402. The first kappa shape index (κ1) is 11.4. The second-order valence-electron chi connectivity index (χ2n) is 3.99. The number of hydrogen-bond donors (Lipinski definition) is 0. The second-order valence-corrected chi connectivity index (χ2v) is 3.99. The molecule has 1 aromatic rings. The van der Waals surface area contributed by atoms with Crippen LogP contribution in [0.25, 0.3) is 0 Å². The quantitative estimate of drug-likeness (QED) is 0.689. The van der Waals surface area contributed by atoms with Gasteiger partial charge in [-0.3, -0.25) is 0 Å². The van der Waals surface area contributed by atoms with Crippen LogP contribution in [0.1, 0.15) is 18.1 Å². The lowest BCUT2D eigenvalue weighted by Gasteiger charge is -2.26. The molecule has 3 heteroatoms. The number of benzene rings is 1. The van der Waals surface area contributed by atoms with Crippen molar-refractivity contribution < 1.29 is 4.74 Å². The van der Waals surface area contributed by atoms with Gasteiger partial charge in [0, 0.05) is 6.42 Å². The topological polar surface area (TPSA) is 56.8 Å². The van der Waals surface area contributed by atoms with Crippen molar-refractivity contribution in [1.82, 2.24) is 0 Å². The van der Waals surface area contributed by atoms with E-state index in [-0.39, 0.29) is 0 Å². The Kier molecular flexibility index (Phi) is 3.23. The van der Waals surface area contributed by atoms with Gasteiger partial charge < -0.3 is 4.74 Å². The van der Waals surface area contributed by atoms with Crippen LogP contribution in [-0.4, -0.2) is 6.61 Å². The molecule has 0 fully saturated rings. The zero-order valence-electron chi connectivity index (χ0n) is 9.34. The van der Waals surface area contributed by atoms with Crippen LogP contribution < -0.4 is 0 Å². The van der Waals surface area contributed by atoms with E-state index < -0.39 is 11.5 Å². The highest BCUT2D eigenvalue weighted by Crippen LogP contribution is 2.40. The smallest absolute Gasteiger partial charge is 0.177 e. The van der Waals surface area contributed by atoms with E-state index in [0.717, 1.165) is 5.56 Å². The van der Waals surface area contributed by atoms with Gasteiger partial charge in [0.25, 0.3) is 0 Å². The molecule has 0 spiro atoms. The van der Waals surface area contributed by atoms with E-state index in [1.54, 1.807) is 0 Å². The third-order valence-corrected chi connectivity index (χ3v) is 2.91. The molecule has 1 atom stereocenters. The fourth-order valence-electron chi connectivity index (χ4n) is 1.98. The van der Waals surface area contributed by atoms with Crippen LogP contribution in [0.4, 0.5) is 0 Å². The maximum Gasteiger partial charge on any atom is 0.177 e. The van der Waals surface area contributed by atoms with Gasteiger partial charge in [-0.05, 0) is 5.56 Å². The van der Waals surface area contributed by atoms with Crippen LogP contribution in [-0.2, 0) is 4.74 Å². The molecule has 1 aliphatic heterocycles. The van der Waals surface area contributed by atoms with E-state index in [2.05, 4.69) is 12.1 Å². The van der Waals surface area contributed by atoms with Gasteiger partial charge in [-0.1, -0.05) is 42.5 Å². The van der Waals surface area contributed by atoms with Gasteiger partial charge in [-0.15, -0.1) is 0 Å². The highest BCUT2D eigenvalue weighted by atomic mass is 16.5. The fraction of sp³-hybridized carbons (Fsp3) is 0.286. The zero-order valence-corrected chi connectivity index (χ0v) is 9.34. The highest BCUT2D eigenvalue weighted by molar-refractivity contribution is 5.30. The van der Waals surface area contributed by atoms with E-state index in [9.17, 15) is 10.5 Å². The van der Waals surface area contributed by atoms with Crippen molar-refractivity contribution in [3.8, 4) is 12.1 Å². The number of hydrogen-bond acceptors (Lipinski definition) is 3. The number of nitrogens with zero attached hydrogens (tertiary/aromatic N) is 2. The second kappa shape index (κ2) is 4.82. The fourth-order valence-corrected chi connectivity index (χ4v) is 1.98. The molecule has 0 aromatic heterocycles. The SMILES string of the molecule is N#CC1(C#N)CC=CCOC1c1ccccc1. The lowest BCUT2D eigenvalue weighted by Crippen LogP contribution is -2.26. The number of allylic oxidation sites excluding steroid dienone is 1. The summed E-state index contributed by atoms with van der Waals surface area (Å²) in [7, 11) is 0. The first-order chi connectivity index (χ1) is 8.32. The van der Waals surface area contributed by atoms with Crippen LogP contribution in [0.3, 0.4) is 0 Å². The van der Waals surface area contributed by atoms with Crippen molar-refractivity contribution in [2.45, 2.75) is 12.5 Å². The van der Waals surface area contributed by atoms with Gasteiger partial charge in [-0.25, -0.2) is 0 Å². The molecule has 1 heterocycles. The van der Waals surface area contributed by atoms with Crippen LogP contribution in [0, 0.1) is 28.1 Å². The molecular formula is C14H12N2O. The maximum atomic E-state index is 9.31. The Morgan fingerprint density at radius 3 is 2.47 bits per heavy atom. The predicted octanol–water partition coefficient (Wildman–Crippen LogP) is 2.74. The van der Waals surface area contributed by atoms with Crippen molar-refractivity contribution in [1.29, 1.82) is 10.5 Å². The van der Waals surface area contributed by atoms with Crippen molar-refractivity contribution >= 4 is 0 Å². The van der Waals surface area contributed by atoms with Crippen LogP contribution in [0.15, 0.2) is 42.5 Å². The predicted molar refractivity (Wildman–Crippen MR) is 62.6 cm³/mol. The largest absolute Gasteiger partial charge is 0.367 e. The van der Waals surface area contributed by atoms with E-state index in [4.69, 9.17) is 4.74 Å². The maximum absolute atomic E-state index is 9.31. The summed E-state index contributed by atoms with van der Waals surface area (Å²) in [5.74, 6) is 0. The average Bonchev–Trinajstić information content (AvgIpc) is 2.62. The summed E-state index contributed by atoms with van der Waals surface area (Å²) >= 11 is 0. The standard InChI is InChI=1S/C14H12N2O/c15-10-14(11-16)8-4-5-9-17-13(14)12-6-2-1-3-7-12/h1-7,13H,8-9H2. The summed E-state index contributed by atoms with van der Waals surface area (Å²) in [6.45, 7) is 0.435. The third-order valence-electron chi connectivity index (χ3n) is 2.91. The van der Waals surface area contributed by atoms with Gasteiger partial charge in [0.1, 0.15) is 6.10 Å². The summed E-state index contributed by atoms with van der Waals surface area (Å²) in [5.41, 5.74) is -0.256. The van der Waals surface area contributed by atoms with Crippen LogP contribution >= 0.6 is 0 Å². The van der Waals surface area contributed by atoms with Crippen molar-refractivity contribution in [2.75, 3.05) is 6.61 Å². The number of ether oxygens (including phenoxy) is 1. The van der Waals surface area contributed by atoms with Crippen LogP contribution in [0.2, 0.25) is 0 Å². The molecule has 0 bridgehead atoms. The molecular weight excluding hydrogens is 212 g/mol. The summed E-state index contributed by atoms with van der Waals surface area (Å²) in [6.07, 6.45) is 3.61. The number of rotatable bonds is 1. The summed E-state index contributed by atoms with van der Waals surface area (Å²) in [5, 5.41) is 18.6. The molecule has 3 nitrogen and oxygen atoms in total. The lowest BCUT2D eigenvalue weighted by atomic mass is 9.79. The Morgan fingerprint density at radius 1 is 1.12 bits per heavy atom. The molecule has 84 valence electrons. The molecule has 17 heavy (non-hydrogen) atoms. The summed E-state index contributed by atoms with van der Waals surface area (Å²) < 4.78 is 5.65. The normalized spacial score (nSPS) is 22.1. The minimum atomic E-state index is -1.13. The van der Waals surface area contributed by atoms with E-state index in [1.807, 2.05) is 42.5 Å². The zero-order chi connectivity index (χ0) is 12.1. The van der Waals surface area contributed by atoms with E-state index in [0.29, 0.717) is 13.0 Å². The molecule has 1 aromatic carbocycles. The molecule has 0 amide bonds. The monoisotopic (exact) mass is 224 g/mol. The van der Waals surface area contributed by atoms with Gasteiger partial charge >= 0.3 is 0 Å². The summed E-state index contributed by atoms with van der Waals surface area (Å²) in [6, 6.07) is 13.7. The molecule has 0 radical (unpaired) electrons. The first-order valence-corrected chi connectivity index (χ1v) is 5.46. The molecule has 2 rings (SSSR count). The number of nitriles is 2. The lowest BCUT2D eigenvalue weighted by molar-refractivity contribution is 0.0256. The van der Waals surface area contributed by atoms with E-state index >= 15 is 0 Å². The molecule has 0 saturated heterocycles. The molecule has 0 saturated carbocycles. The van der Waals surface area contributed by atoms with Crippen molar-refractivity contribution in [3.63, 3.8) is 0 Å². The Hall–Kier alpha value is -2.10. The first-order valence-electron chi connectivity index (χ1n) is 5.46. The highest BCUT2D eigenvalue weighted by Gasteiger charge is 2.41. The van der Waals surface area contributed by atoms with Crippen LogP contribution in [0.5, 0.6) is 0 Å². The van der Waals surface area contributed by atoms with Gasteiger partial charge in [0.05, 0.1) is 18.7 Å². The van der Waals surface area contributed by atoms with Crippen molar-refractivity contribution in [3.05, 3.63) is 48.0 Å². The van der Waals surface area contributed by atoms with Crippen molar-refractivity contribution in [2.24, 2.45) is 5.41 Å². The molecule has 1 aliphatic rings. The van der Waals surface area contributed by atoms with Gasteiger partial charge in [0.2, 0.25) is 0 Å². The summed E-state index contributed by atoms with van der Waals surface area (Å²) in [4.78, 5) is 0. The molecule has 1 unspecified atom stereocenters. The minimum Gasteiger partial charge on any atom is -0.367 e. The van der Waals surface area contributed by atoms with Gasteiger partial charge in [0.15, 0.2) is 5.41 Å². The Morgan fingerprint density at radius 2 is 1.82 bits per heavy atom.